The molecule has 1 rings (SSSR count). The van der Waals surface area contributed by atoms with Gasteiger partial charge in [-0.1, -0.05) is 15.9 Å². The second-order valence-electron chi connectivity index (χ2n) is 3.62. The molecule has 0 saturated heterocycles. The lowest BCUT2D eigenvalue weighted by Gasteiger charge is -2.13. The lowest BCUT2D eigenvalue weighted by Crippen LogP contribution is -2.17. The first-order chi connectivity index (χ1) is 9.52. The summed E-state index contributed by atoms with van der Waals surface area (Å²) in [6, 6.07) is 2.17. The van der Waals surface area contributed by atoms with E-state index in [-0.39, 0.29) is 11.8 Å². The smallest absolute Gasteiger partial charge is 0.406 e. The van der Waals surface area contributed by atoms with Gasteiger partial charge in [0.1, 0.15) is 5.75 Å². The highest BCUT2D eigenvalue weighted by molar-refractivity contribution is 9.09. The van der Waals surface area contributed by atoms with E-state index in [2.05, 4.69) is 20.7 Å². The molecular formula is C11H7BrF6O2S. The van der Waals surface area contributed by atoms with Crippen LogP contribution in [0.4, 0.5) is 26.3 Å². The summed E-state index contributed by atoms with van der Waals surface area (Å²) in [5.41, 5.74) is -5.12. The molecule has 0 saturated carbocycles. The number of hydrogen-bond acceptors (Lipinski definition) is 3. The van der Waals surface area contributed by atoms with Crippen LogP contribution in [-0.4, -0.2) is 23.0 Å². The van der Waals surface area contributed by atoms with E-state index >= 15 is 0 Å². The van der Waals surface area contributed by atoms with E-state index in [4.69, 9.17) is 0 Å². The van der Waals surface area contributed by atoms with Gasteiger partial charge >= 0.3 is 11.9 Å². The predicted molar refractivity (Wildman–Crippen MR) is 67.8 cm³/mol. The molecule has 1 aromatic carbocycles. The highest BCUT2D eigenvalue weighted by Crippen LogP contribution is 2.40. The number of rotatable bonds is 5. The molecule has 0 unspecified atom stereocenters. The summed E-state index contributed by atoms with van der Waals surface area (Å²) in [6.07, 6.45) is -5.14. The van der Waals surface area contributed by atoms with Gasteiger partial charge in [0.25, 0.3) is 0 Å². The Balaban J connectivity index is 3.16. The normalized spacial score (nSPS) is 12.3. The Kier molecular flexibility index (Phi) is 5.97. The van der Waals surface area contributed by atoms with Crippen molar-refractivity contribution >= 4 is 33.5 Å². The predicted octanol–water partition coefficient (Wildman–Crippen LogP) is 5.16. The monoisotopic (exact) mass is 396 g/mol. The Bertz CT molecular complexity index is 514. The molecule has 0 aromatic heterocycles. The number of carbonyl (C=O) groups is 1. The van der Waals surface area contributed by atoms with E-state index in [0.29, 0.717) is 6.07 Å². The maximum Gasteiger partial charge on any atom is 0.573 e. The van der Waals surface area contributed by atoms with E-state index in [1.165, 1.54) is 0 Å². The van der Waals surface area contributed by atoms with Crippen molar-refractivity contribution in [2.45, 2.75) is 23.2 Å². The SMILES string of the molecule is O=C(CCBr)c1cc(OC(F)(F)F)ccc1SC(F)(F)F. The molecule has 1 aromatic rings. The number of Topliss-reactive ketones (excluding diaryl/α,β-unsaturated/α-hetero) is 1. The molecular weight excluding hydrogens is 390 g/mol. The number of ether oxygens (including phenoxy) is 1. The highest BCUT2D eigenvalue weighted by Gasteiger charge is 2.33. The average molecular weight is 397 g/mol. The molecule has 10 heteroatoms. The molecule has 0 N–H and O–H groups in total. The summed E-state index contributed by atoms with van der Waals surface area (Å²) in [5.74, 6) is -1.46. The minimum absolute atomic E-state index is 0.152. The van der Waals surface area contributed by atoms with Gasteiger partial charge in [-0.2, -0.15) is 13.2 Å². The first kappa shape index (κ1) is 18.1. The van der Waals surface area contributed by atoms with Crippen LogP contribution in [0.5, 0.6) is 5.75 Å². The highest BCUT2D eigenvalue weighted by atomic mass is 79.9. The van der Waals surface area contributed by atoms with Crippen molar-refractivity contribution in [2.75, 3.05) is 5.33 Å². The molecule has 2 nitrogen and oxygen atoms in total. The van der Waals surface area contributed by atoms with Gasteiger partial charge in [-0.25, -0.2) is 0 Å². The third-order valence-corrected chi connectivity index (χ3v) is 3.24. The van der Waals surface area contributed by atoms with Crippen LogP contribution in [0.2, 0.25) is 0 Å². The third-order valence-electron chi connectivity index (χ3n) is 2.03. The van der Waals surface area contributed by atoms with Crippen LogP contribution in [-0.2, 0) is 0 Å². The summed E-state index contributed by atoms with van der Waals surface area (Å²) in [5, 5.41) is 0.173. The summed E-state index contributed by atoms with van der Waals surface area (Å²) in [6.45, 7) is 0. The Morgan fingerprint density at radius 2 is 1.81 bits per heavy atom. The molecule has 0 heterocycles. The molecule has 0 bridgehead atoms. The fourth-order valence-corrected chi connectivity index (χ4v) is 2.39. The van der Waals surface area contributed by atoms with Crippen molar-refractivity contribution in [2.24, 2.45) is 0 Å². The van der Waals surface area contributed by atoms with E-state index in [9.17, 15) is 31.1 Å². The maximum absolute atomic E-state index is 12.4. The zero-order chi connectivity index (χ0) is 16.3. The van der Waals surface area contributed by atoms with Crippen molar-refractivity contribution < 1.29 is 35.9 Å². The van der Waals surface area contributed by atoms with E-state index < -0.39 is 45.6 Å². The van der Waals surface area contributed by atoms with E-state index in [1.54, 1.807) is 0 Å². The quantitative estimate of drug-likeness (QED) is 0.297. The Morgan fingerprint density at radius 1 is 1.19 bits per heavy atom. The van der Waals surface area contributed by atoms with Crippen LogP contribution in [0.3, 0.4) is 0 Å². The van der Waals surface area contributed by atoms with E-state index in [0.717, 1.165) is 12.1 Å². The topological polar surface area (TPSA) is 26.3 Å². The van der Waals surface area contributed by atoms with Gasteiger partial charge in [-0.3, -0.25) is 4.79 Å². The van der Waals surface area contributed by atoms with Crippen LogP contribution in [0.1, 0.15) is 16.8 Å². The summed E-state index contributed by atoms with van der Waals surface area (Å²) >= 11 is 2.37. The minimum Gasteiger partial charge on any atom is -0.406 e. The van der Waals surface area contributed by atoms with Gasteiger partial charge in [-0.05, 0) is 30.0 Å². The Labute approximate surface area is 128 Å². The molecule has 0 aliphatic rings. The molecule has 21 heavy (non-hydrogen) atoms. The molecule has 118 valence electrons. The Morgan fingerprint density at radius 3 is 2.29 bits per heavy atom. The number of thioether (sulfide) groups is 1. The van der Waals surface area contributed by atoms with Crippen molar-refractivity contribution in [3.63, 3.8) is 0 Å². The maximum atomic E-state index is 12.4. The largest absolute Gasteiger partial charge is 0.573 e. The molecule has 0 aliphatic carbocycles. The molecule has 0 amide bonds. The minimum atomic E-state index is -4.99. The molecule has 0 spiro atoms. The van der Waals surface area contributed by atoms with Gasteiger partial charge in [-0.15, -0.1) is 13.2 Å². The second kappa shape index (κ2) is 6.91. The second-order valence-corrected chi connectivity index (χ2v) is 5.52. The lowest BCUT2D eigenvalue weighted by molar-refractivity contribution is -0.274. The average Bonchev–Trinajstić information content (AvgIpc) is 2.27. The summed E-state index contributed by atoms with van der Waals surface area (Å²) < 4.78 is 77.0. The van der Waals surface area contributed by atoms with Crippen LogP contribution in [0, 0.1) is 0 Å². The van der Waals surface area contributed by atoms with Crippen molar-refractivity contribution in [3.8, 4) is 5.75 Å². The van der Waals surface area contributed by atoms with Gasteiger partial charge in [0, 0.05) is 22.2 Å². The number of halogens is 7. The molecule has 0 fully saturated rings. The van der Waals surface area contributed by atoms with Crippen LogP contribution >= 0.6 is 27.7 Å². The standard InChI is InChI=1S/C11H7BrF6O2S/c12-4-3-8(19)7-5-6(20-10(13,14)15)1-2-9(7)21-11(16,17)18/h1-2,5H,3-4H2. The summed E-state index contributed by atoms with van der Waals surface area (Å²) in [7, 11) is 0. The van der Waals surface area contributed by atoms with Crippen LogP contribution in [0.15, 0.2) is 23.1 Å². The van der Waals surface area contributed by atoms with Gasteiger partial charge in [0.2, 0.25) is 0 Å². The van der Waals surface area contributed by atoms with Crippen molar-refractivity contribution in [3.05, 3.63) is 23.8 Å². The van der Waals surface area contributed by atoms with Gasteiger partial charge in [0.05, 0.1) is 0 Å². The molecule has 0 aliphatic heterocycles. The number of ketones is 1. The summed E-state index contributed by atoms with van der Waals surface area (Å²) in [4.78, 5) is 11.3. The number of benzene rings is 1. The number of hydrogen-bond donors (Lipinski definition) is 0. The van der Waals surface area contributed by atoms with Gasteiger partial charge < -0.3 is 4.74 Å². The Hall–Kier alpha value is -0.900. The first-order valence-electron chi connectivity index (χ1n) is 5.26. The van der Waals surface area contributed by atoms with Crippen LogP contribution in [0.25, 0.3) is 0 Å². The van der Waals surface area contributed by atoms with Crippen molar-refractivity contribution in [1.29, 1.82) is 0 Å². The zero-order valence-electron chi connectivity index (χ0n) is 10.0. The fraction of sp³-hybridized carbons (Fsp3) is 0.364. The fourth-order valence-electron chi connectivity index (χ4n) is 1.36. The van der Waals surface area contributed by atoms with Crippen molar-refractivity contribution in [1.82, 2.24) is 0 Å². The van der Waals surface area contributed by atoms with Crippen LogP contribution < -0.4 is 4.74 Å². The number of alkyl halides is 7. The first-order valence-corrected chi connectivity index (χ1v) is 7.20. The molecule has 0 radical (unpaired) electrons. The number of carbonyl (C=O) groups excluding carboxylic acids is 1. The zero-order valence-corrected chi connectivity index (χ0v) is 12.4. The third kappa shape index (κ3) is 6.60. The molecule has 0 atom stereocenters. The van der Waals surface area contributed by atoms with E-state index in [1.807, 2.05) is 0 Å². The lowest BCUT2D eigenvalue weighted by atomic mass is 10.1. The van der Waals surface area contributed by atoms with Gasteiger partial charge in [0.15, 0.2) is 5.78 Å².